The lowest BCUT2D eigenvalue weighted by molar-refractivity contribution is -0.120. The molecule has 4 rings (SSSR count). The van der Waals surface area contributed by atoms with Crippen molar-refractivity contribution < 1.29 is 14.0 Å². The van der Waals surface area contributed by atoms with E-state index in [1.54, 1.807) is 24.3 Å². The first kappa shape index (κ1) is 20.9. The van der Waals surface area contributed by atoms with Crippen molar-refractivity contribution in [1.29, 1.82) is 0 Å². The fraction of sp³-hybridized carbons (Fsp3) is 0.304. The molecule has 7 heteroatoms. The van der Waals surface area contributed by atoms with Crippen molar-refractivity contribution in [3.05, 3.63) is 69.6 Å². The van der Waals surface area contributed by atoms with E-state index >= 15 is 0 Å². The first-order valence-corrected chi connectivity index (χ1v) is 10.6. The van der Waals surface area contributed by atoms with E-state index in [0.29, 0.717) is 46.8 Å². The van der Waals surface area contributed by atoms with Crippen LogP contribution in [0.1, 0.15) is 25.8 Å². The maximum atomic E-state index is 13.7. The quantitative estimate of drug-likeness (QED) is 0.592. The molecule has 2 aliphatic rings. The number of likely N-dealkylation sites (tertiary alicyclic amines) is 1. The average Bonchev–Trinajstić information content (AvgIpc) is 2.94. The van der Waals surface area contributed by atoms with Gasteiger partial charge < -0.3 is 4.90 Å². The standard InChI is InChI=1S/C23H21Cl2FN2O2/c1-13-9-14(2)12-27(11-13)21-20(15-3-5-16(24)6-4-15)22(29)28(23(21)30)17-7-8-19(26)18(25)10-17/h3-8,10,13-14H,9,11-12H2,1-2H3. The number of carbonyl (C=O) groups excluding carboxylic acids is 2. The third kappa shape index (κ3) is 3.72. The minimum absolute atomic E-state index is 0.144. The van der Waals surface area contributed by atoms with Crippen LogP contribution in [-0.2, 0) is 9.59 Å². The van der Waals surface area contributed by atoms with Gasteiger partial charge in [-0.15, -0.1) is 0 Å². The summed E-state index contributed by atoms with van der Waals surface area (Å²) in [4.78, 5) is 30.1. The predicted molar refractivity (Wildman–Crippen MR) is 117 cm³/mol. The summed E-state index contributed by atoms with van der Waals surface area (Å²) in [5.74, 6) is -0.695. The molecule has 2 heterocycles. The number of hydrogen-bond acceptors (Lipinski definition) is 3. The van der Waals surface area contributed by atoms with E-state index < -0.39 is 17.6 Å². The Kier molecular flexibility index (Phi) is 5.60. The molecule has 4 nitrogen and oxygen atoms in total. The molecule has 2 atom stereocenters. The Morgan fingerprint density at radius 1 is 0.933 bits per heavy atom. The van der Waals surface area contributed by atoms with Gasteiger partial charge in [-0.3, -0.25) is 9.59 Å². The topological polar surface area (TPSA) is 40.6 Å². The number of rotatable bonds is 3. The van der Waals surface area contributed by atoms with Gasteiger partial charge in [0.1, 0.15) is 11.5 Å². The highest BCUT2D eigenvalue weighted by atomic mass is 35.5. The van der Waals surface area contributed by atoms with Gasteiger partial charge in [-0.1, -0.05) is 49.2 Å². The summed E-state index contributed by atoms with van der Waals surface area (Å²) in [5.41, 5.74) is 1.57. The van der Waals surface area contributed by atoms with Crippen molar-refractivity contribution in [2.45, 2.75) is 20.3 Å². The van der Waals surface area contributed by atoms with Crippen LogP contribution in [0.3, 0.4) is 0 Å². The molecule has 0 spiro atoms. The van der Waals surface area contributed by atoms with E-state index in [1.807, 2.05) is 4.90 Å². The molecule has 0 N–H and O–H groups in total. The van der Waals surface area contributed by atoms with Gasteiger partial charge in [0.05, 0.1) is 16.3 Å². The maximum Gasteiger partial charge on any atom is 0.282 e. The summed E-state index contributed by atoms with van der Waals surface area (Å²) in [5, 5.41) is 0.398. The van der Waals surface area contributed by atoms with Crippen molar-refractivity contribution in [2.24, 2.45) is 11.8 Å². The number of anilines is 1. The van der Waals surface area contributed by atoms with Gasteiger partial charge >= 0.3 is 0 Å². The molecule has 1 saturated heterocycles. The highest BCUT2D eigenvalue weighted by Crippen LogP contribution is 2.38. The lowest BCUT2D eigenvalue weighted by Gasteiger charge is -2.37. The molecule has 2 unspecified atom stereocenters. The van der Waals surface area contributed by atoms with Crippen LogP contribution in [0.25, 0.3) is 5.57 Å². The largest absolute Gasteiger partial charge is 0.366 e. The van der Waals surface area contributed by atoms with Crippen LogP contribution in [0.2, 0.25) is 10.0 Å². The Morgan fingerprint density at radius 2 is 1.57 bits per heavy atom. The number of nitrogens with zero attached hydrogens (tertiary/aromatic N) is 2. The van der Waals surface area contributed by atoms with E-state index in [2.05, 4.69) is 13.8 Å². The molecule has 0 radical (unpaired) electrons. The van der Waals surface area contributed by atoms with Crippen molar-refractivity contribution >= 4 is 46.3 Å². The SMILES string of the molecule is CC1CC(C)CN(C2=C(c3ccc(Cl)cc3)C(=O)N(c3ccc(F)c(Cl)c3)C2=O)C1. The summed E-state index contributed by atoms with van der Waals surface area (Å²) in [6.45, 7) is 5.66. The Balaban J connectivity index is 1.84. The number of piperidine rings is 1. The molecular weight excluding hydrogens is 426 g/mol. The Bertz CT molecular complexity index is 1040. The van der Waals surface area contributed by atoms with E-state index in [4.69, 9.17) is 23.2 Å². The first-order valence-electron chi connectivity index (χ1n) is 9.85. The van der Waals surface area contributed by atoms with Crippen LogP contribution in [-0.4, -0.2) is 29.8 Å². The number of imide groups is 1. The Hall–Kier alpha value is -2.37. The Morgan fingerprint density at radius 3 is 2.17 bits per heavy atom. The zero-order valence-corrected chi connectivity index (χ0v) is 18.2. The summed E-state index contributed by atoms with van der Waals surface area (Å²) in [7, 11) is 0. The second-order valence-corrected chi connectivity index (χ2v) is 8.97. The molecule has 0 aromatic heterocycles. The number of halogens is 3. The fourth-order valence-corrected chi connectivity index (χ4v) is 4.69. The van der Waals surface area contributed by atoms with Gasteiger partial charge in [-0.2, -0.15) is 0 Å². The van der Waals surface area contributed by atoms with Crippen LogP contribution in [0.15, 0.2) is 48.2 Å². The average molecular weight is 447 g/mol. The summed E-state index contributed by atoms with van der Waals surface area (Å²) >= 11 is 11.9. The number of hydrogen-bond donors (Lipinski definition) is 0. The molecule has 2 amide bonds. The van der Waals surface area contributed by atoms with Gasteiger partial charge in [0, 0.05) is 18.1 Å². The minimum Gasteiger partial charge on any atom is -0.366 e. The van der Waals surface area contributed by atoms with E-state index in [-0.39, 0.29) is 10.7 Å². The molecule has 1 fully saturated rings. The van der Waals surface area contributed by atoms with Crippen LogP contribution in [0.4, 0.5) is 10.1 Å². The third-order valence-corrected chi connectivity index (χ3v) is 6.08. The van der Waals surface area contributed by atoms with E-state index in [0.717, 1.165) is 17.4 Å². The molecule has 0 aliphatic carbocycles. The number of carbonyl (C=O) groups is 2. The molecule has 0 saturated carbocycles. The molecule has 0 bridgehead atoms. The van der Waals surface area contributed by atoms with E-state index in [9.17, 15) is 14.0 Å². The van der Waals surface area contributed by atoms with Crippen LogP contribution in [0.5, 0.6) is 0 Å². The van der Waals surface area contributed by atoms with E-state index in [1.165, 1.54) is 12.1 Å². The van der Waals surface area contributed by atoms with Crippen LogP contribution in [0, 0.1) is 17.7 Å². The zero-order chi connectivity index (χ0) is 21.6. The van der Waals surface area contributed by atoms with Gasteiger partial charge in [-0.05, 0) is 54.2 Å². The second kappa shape index (κ2) is 8.05. The predicted octanol–water partition coefficient (Wildman–Crippen LogP) is 5.39. The molecule has 30 heavy (non-hydrogen) atoms. The van der Waals surface area contributed by atoms with Crippen molar-refractivity contribution in [2.75, 3.05) is 18.0 Å². The highest BCUT2D eigenvalue weighted by molar-refractivity contribution is 6.45. The number of amides is 2. The highest BCUT2D eigenvalue weighted by Gasteiger charge is 2.43. The lowest BCUT2D eigenvalue weighted by atomic mass is 9.91. The maximum absolute atomic E-state index is 13.7. The summed E-state index contributed by atoms with van der Waals surface area (Å²) < 4.78 is 13.7. The second-order valence-electron chi connectivity index (χ2n) is 8.13. The molecule has 2 aromatic rings. The van der Waals surface area contributed by atoms with Crippen LogP contribution >= 0.6 is 23.2 Å². The molecule has 2 aromatic carbocycles. The monoisotopic (exact) mass is 446 g/mol. The third-order valence-electron chi connectivity index (χ3n) is 5.54. The summed E-state index contributed by atoms with van der Waals surface area (Å²) in [6, 6.07) is 10.7. The lowest BCUT2D eigenvalue weighted by Crippen LogP contribution is -2.42. The fourth-order valence-electron chi connectivity index (χ4n) is 4.39. The van der Waals surface area contributed by atoms with Gasteiger partial charge in [-0.25, -0.2) is 9.29 Å². The van der Waals surface area contributed by atoms with Crippen molar-refractivity contribution in [1.82, 2.24) is 4.90 Å². The van der Waals surface area contributed by atoms with Gasteiger partial charge in [0.15, 0.2) is 0 Å². The van der Waals surface area contributed by atoms with Crippen molar-refractivity contribution in [3.8, 4) is 0 Å². The van der Waals surface area contributed by atoms with Gasteiger partial charge in [0.2, 0.25) is 0 Å². The van der Waals surface area contributed by atoms with Crippen LogP contribution < -0.4 is 4.90 Å². The zero-order valence-electron chi connectivity index (χ0n) is 16.7. The normalized spacial score (nSPS) is 22.3. The summed E-state index contributed by atoms with van der Waals surface area (Å²) in [6.07, 6.45) is 1.07. The van der Waals surface area contributed by atoms with Gasteiger partial charge in [0.25, 0.3) is 11.8 Å². The molecule has 156 valence electrons. The molecular formula is C23H21Cl2FN2O2. The number of benzene rings is 2. The molecule has 2 aliphatic heterocycles. The first-order chi connectivity index (χ1) is 14.3. The Labute approximate surface area is 184 Å². The smallest absolute Gasteiger partial charge is 0.282 e. The minimum atomic E-state index is -0.607. The van der Waals surface area contributed by atoms with Crippen molar-refractivity contribution in [3.63, 3.8) is 0 Å².